The highest BCUT2D eigenvalue weighted by atomic mass is 32.2. The molecular weight excluding hydrogens is 346 g/mol. The molecule has 0 saturated carbocycles. The molecular formula is C20H35N3O2S. The van der Waals surface area contributed by atoms with Crippen molar-refractivity contribution < 1.29 is 8.42 Å². The van der Waals surface area contributed by atoms with E-state index in [0.717, 1.165) is 44.0 Å². The summed E-state index contributed by atoms with van der Waals surface area (Å²) in [7, 11) is -3.13. The molecule has 1 unspecified atom stereocenters. The van der Waals surface area contributed by atoms with Gasteiger partial charge in [0.1, 0.15) is 0 Å². The first-order valence-corrected chi connectivity index (χ1v) is 11.6. The largest absolute Gasteiger partial charge is 0.357 e. The molecule has 0 heterocycles. The van der Waals surface area contributed by atoms with Gasteiger partial charge in [0.2, 0.25) is 0 Å². The van der Waals surface area contributed by atoms with Gasteiger partial charge in [-0.05, 0) is 43.4 Å². The summed E-state index contributed by atoms with van der Waals surface area (Å²) in [5, 5.41) is 6.66. The molecule has 1 aromatic carbocycles. The van der Waals surface area contributed by atoms with Gasteiger partial charge in [-0.25, -0.2) is 8.42 Å². The minimum absolute atomic E-state index is 0.363. The molecule has 0 amide bonds. The number of hydrogen-bond acceptors (Lipinski definition) is 3. The maximum Gasteiger partial charge on any atom is 0.191 e. The molecule has 0 aliphatic rings. The smallest absolute Gasteiger partial charge is 0.191 e. The number of nitrogens with one attached hydrogen (secondary N) is 2. The molecule has 0 saturated heterocycles. The van der Waals surface area contributed by atoms with Crippen LogP contribution in [0.2, 0.25) is 0 Å². The lowest BCUT2D eigenvalue weighted by Crippen LogP contribution is -2.38. The zero-order valence-electron chi connectivity index (χ0n) is 16.7. The Hall–Kier alpha value is -1.56. The van der Waals surface area contributed by atoms with Gasteiger partial charge in [-0.1, -0.05) is 45.2 Å². The fraction of sp³-hybridized carbons (Fsp3) is 0.650. The number of rotatable bonds is 11. The Morgan fingerprint density at radius 3 is 2.35 bits per heavy atom. The summed E-state index contributed by atoms with van der Waals surface area (Å²) in [5.74, 6) is 1.50. The van der Waals surface area contributed by atoms with Crippen LogP contribution >= 0.6 is 0 Å². The molecule has 0 aliphatic carbocycles. The second kappa shape index (κ2) is 11.9. The number of hydrogen-bond donors (Lipinski definition) is 2. The number of aliphatic imine (C=N–C) groups is 1. The van der Waals surface area contributed by atoms with Gasteiger partial charge < -0.3 is 10.6 Å². The number of nitrogens with zero attached hydrogens (tertiary/aromatic N) is 1. The van der Waals surface area contributed by atoms with E-state index in [0.29, 0.717) is 10.8 Å². The summed E-state index contributed by atoms with van der Waals surface area (Å²) in [6.07, 6.45) is 6.95. The second-order valence-corrected chi connectivity index (χ2v) is 8.74. The van der Waals surface area contributed by atoms with Crippen molar-refractivity contribution in [1.29, 1.82) is 0 Å². The second-order valence-electron chi connectivity index (χ2n) is 6.73. The first kappa shape index (κ1) is 22.5. The summed E-state index contributed by atoms with van der Waals surface area (Å²) in [6, 6.07) is 7.09. The van der Waals surface area contributed by atoms with Crippen molar-refractivity contribution in [3.05, 3.63) is 29.8 Å². The molecule has 0 fully saturated rings. The molecule has 1 atom stereocenters. The topological polar surface area (TPSA) is 70.6 Å². The van der Waals surface area contributed by atoms with E-state index in [9.17, 15) is 8.42 Å². The molecule has 5 nitrogen and oxygen atoms in total. The van der Waals surface area contributed by atoms with Gasteiger partial charge in [0, 0.05) is 25.9 Å². The lowest BCUT2D eigenvalue weighted by atomic mass is 10.00. The molecule has 1 rings (SSSR count). The zero-order valence-corrected chi connectivity index (χ0v) is 17.5. The highest BCUT2D eigenvalue weighted by Gasteiger charge is 2.07. The van der Waals surface area contributed by atoms with Gasteiger partial charge in [-0.15, -0.1) is 0 Å². The highest BCUT2D eigenvalue weighted by molar-refractivity contribution is 7.90. The summed E-state index contributed by atoms with van der Waals surface area (Å²) in [5.41, 5.74) is 1.11. The molecule has 0 bridgehead atoms. The van der Waals surface area contributed by atoms with Crippen LogP contribution in [0.4, 0.5) is 0 Å². The minimum atomic E-state index is -3.13. The fourth-order valence-corrected chi connectivity index (χ4v) is 3.34. The molecule has 1 aromatic rings. The molecule has 0 aliphatic heterocycles. The third-order valence-corrected chi connectivity index (χ3v) is 5.58. The molecule has 0 spiro atoms. The van der Waals surface area contributed by atoms with Crippen molar-refractivity contribution in [2.24, 2.45) is 10.9 Å². The molecule has 26 heavy (non-hydrogen) atoms. The van der Waals surface area contributed by atoms with Crippen LogP contribution in [0.25, 0.3) is 0 Å². The van der Waals surface area contributed by atoms with Gasteiger partial charge >= 0.3 is 0 Å². The minimum Gasteiger partial charge on any atom is -0.357 e. The Labute approximate surface area is 159 Å². The summed E-state index contributed by atoms with van der Waals surface area (Å²) >= 11 is 0. The van der Waals surface area contributed by atoms with E-state index >= 15 is 0 Å². The predicted molar refractivity (Wildman–Crippen MR) is 111 cm³/mol. The van der Waals surface area contributed by atoms with E-state index in [-0.39, 0.29) is 0 Å². The molecule has 6 heteroatoms. The van der Waals surface area contributed by atoms with Crippen molar-refractivity contribution in [3.8, 4) is 0 Å². The third kappa shape index (κ3) is 8.70. The zero-order chi connectivity index (χ0) is 19.4. The van der Waals surface area contributed by atoms with Crippen LogP contribution in [0.1, 0.15) is 52.0 Å². The van der Waals surface area contributed by atoms with E-state index in [4.69, 9.17) is 4.99 Å². The molecule has 2 N–H and O–H groups in total. The lowest BCUT2D eigenvalue weighted by Gasteiger charge is -2.15. The third-order valence-electron chi connectivity index (χ3n) is 4.45. The van der Waals surface area contributed by atoms with Crippen molar-refractivity contribution in [1.82, 2.24) is 10.6 Å². The van der Waals surface area contributed by atoms with Crippen molar-refractivity contribution in [2.45, 2.75) is 57.8 Å². The normalized spacial score (nSPS) is 13.5. The Bertz CT molecular complexity index is 640. The SMILES string of the molecule is CCCCC(CC)CN=C(NCC)NCCc1ccc(S(C)(=O)=O)cc1. The quantitative estimate of drug-likeness (QED) is 0.455. The van der Waals surface area contributed by atoms with Gasteiger partial charge in [0.25, 0.3) is 0 Å². The van der Waals surface area contributed by atoms with E-state index in [1.54, 1.807) is 12.1 Å². The Morgan fingerprint density at radius 1 is 1.12 bits per heavy atom. The van der Waals surface area contributed by atoms with E-state index in [1.807, 2.05) is 12.1 Å². The number of benzene rings is 1. The average Bonchev–Trinajstić information content (AvgIpc) is 2.61. The van der Waals surface area contributed by atoms with Crippen molar-refractivity contribution in [3.63, 3.8) is 0 Å². The number of sulfone groups is 1. The number of unbranched alkanes of at least 4 members (excludes halogenated alkanes) is 1. The van der Waals surface area contributed by atoms with Crippen LogP contribution in [0.15, 0.2) is 34.2 Å². The van der Waals surface area contributed by atoms with Gasteiger partial charge in [-0.3, -0.25) is 4.99 Å². The summed E-state index contributed by atoms with van der Waals surface area (Å²) in [4.78, 5) is 5.09. The molecule has 0 aromatic heterocycles. The van der Waals surface area contributed by atoms with Crippen LogP contribution in [-0.2, 0) is 16.3 Å². The van der Waals surface area contributed by atoms with Crippen molar-refractivity contribution in [2.75, 3.05) is 25.9 Å². The molecule has 0 radical (unpaired) electrons. The maximum atomic E-state index is 11.5. The monoisotopic (exact) mass is 381 g/mol. The average molecular weight is 382 g/mol. The number of guanidine groups is 1. The van der Waals surface area contributed by atoms with Crippen LogP contribution in [0.3, 0.4) is 0 Å². The fourth-order valence-electron chi connectivity index (χ4n) is 2.71. The summed E-state index contributed by atoms with van der Waals surface area (Å²) < 4.78 is 23.0. The standard InChI is InChI=1S/C20H35N3O2S/c1-5-8-9-17(6-2)16-23-20(21-7-3)22-15-14-18-10-12-19(13-11-18)26(4,24)25/h10-13,17H,5-9,14-16H2,1-4H3,(H2,21,22,23). The van der Waals surface area contributed by atoms with Crippen molar-refractivity contribution >= 4 is 15.8 Å². The maximum absolute atomic E-state index is 11.5. The predicted octanol–water partition coefficient (Wildman–Crippen LogP) is 3.40. The Morgan fingerprint density at radius 2 is 1.81 bits per heavy atom. The molecule has 148 valence electrons. The van der Waals surface area contributed by atoms with Crippen LogP contribution in [-0.4, -0.2) is 40.3 Å². The first-order chi connectivity index (χ1) is 12.4. The Kier molecular flexibility index (Phi) is 10.3. The van der Waals surface area contributed by atoms with Gasteiger partial charge in [0.15, 0.2) is 15.8 Å². The van der Waals surface area contributed by atoms with Crippen LogP contribution in [0, 0.1) is 5.92 Å². The van der Waals surface area contributed by atoms with E-state index in [1.165, 1.54) is 25.5 Å². The van der Waals surface area contributed by atoms with Gasteiger partial charge in [0.05, 0.1) is 4.90 Å². The van der Waals surface area contributed by atoms with E-state index < -0.39 is 9.84 Å². The highest BCUT2D eigenvalue weighted by Crippen LogP contribution is 2.13. The lowest BCUT2D eigenvalue weighted by molar-refractivity contribution is 0.461. The van der Waals surface area contributed by atoms with Crippen LogP contribution < -0.4 is 10.6 Å². The van der Waals surface area contributed by atoms with Gasteiger partial charge in [-0.2, -0.15) is 0 Å². The van der Waals surface area contributed by atoms with Crippen LogP contribution in [0.5, 0.6) is 0 Å². The summed E-state index contributed by atoms with van der Waals surface area (Å²) in [6.45, 7) is 8.97. The first-order valence-electron chi connectivity index (χ1n) is 9.71. The van der Waals surface area contributed by atoms with E-state index in [2.05, 4.69) is 31.4 Å². The Balaban J connectivity index is 2.53.